The molecule has 0 saturated heterocycles. The van der Waals surface area contributed by atoms with E-state index in [0.29, 0.717) is 6.54 Å². The normalized spacial score (nSPS) is 11.4. The Hall–Kier alpha value is -0.820. The highest BCUT2D eigenvalue weighted by molar-refractivity contribution is 7.89. The van der Waals surface area contributed by atoms with Gasteiger partial charge in [0.05, 0.1) is 10.6 Å². The number of amides is 1. The van der Waals surface area contributed by atoms with Gasteiger partial charge in [-0.3, -0.25) is 4.79 Å². The largest absolute Gasteiger partial charge is 0.352 e. The third-order valence-electron chi connectivity index (χ3n) is 2.62. The van der Waals surface area contributed by atoms with Crippen LogP contribution in [0.25, 0.3) is 0 Å². The quantitative estimate of drug-likeness (QED) is 0.781. The SMILES string of the molecule is CCCCCNC(=O)c1cc(Cl)cc(S(N)(=O)=O)c1Cl. The maximum atomic E-state index is 12.0. The summed E-state index contributed by atoms with van der Waals surface area (Å²) < 4.78 is 22.8. The molecule has 0 aliphatic heterocycles. The van der Waals surface area contributed by atoms with Crippen LogP contribution in [0.2, 0.25) is 10.0 Å². The minimum atomic E-state index is -4.04. The molecule has 0 aliphatic rings. The monoisotopic (exact) mass is 338 g/mol. The van der Waals surface area contributed by atoms with Crippen molar-refractivity contribution in [3.05, 3.63) is 27.7 Å². The van der Waals surface area contributed by atoms with Crippen LogP contribution in [0.1, 0.15) is 36.5 Å². The average molecular weight is 339 g/mol. The van der Waals surface area contributed by atoms with Crippen LogP contribution in [0.5, 0.6) is 0 Å². The molecule has 0 fully saturated rings. The first-order valence-electron chi connectivity index (χ1n) is 6.07. The van der Waals surface area contributed by atoms with Gasteiger partial charge in [0.2, 0.25) is 10.0 Å². The molecule has 1 amide bonds. The summed E-state index contributed by atoms with van der Waals surface area (Å²) in [5, 5.41) is 7.56. The van der Waals surface area contributed by atoms with Gasteiger partial charge in [-0.15, -0.1) is 0 Å². The number of nitrogens with one attached hydrogen (secondary N) is 1. The van der Waals surface area contributed by atoms with E-state index in [4.69, 9.17) is 28.3 Å². The highest BCUT2D eigenvalue weighted by Gasteiger charge is 2.21. The molecule has 1 aromatic rings. The lowest BCUT2D eigenvalue weighted by Gasteiger charge is -2.10. The third kappa shape index (κ3) is 4.63. The number of carbonyl (C=O) groups is 1. The number of carbonyl (C=O) groups excluding carboxylic acids is 1. The van der Waals surface area contributed by atoms with Crippen LogP contribution < -0.4 is 10.5 Å². The number of nitrogens with two attached hydrogens (primary N) is 1. The standard InChI is InChI=1S/C12H16Cl2N2O3S/c1-2-3-4-5-16-12(17)9-6-8(13)7-10(11(9)14)20(15,18)19/h6-7H,2-5H2,1H3,(H,16,17)(H2,15,18,19). The van der Waals surface area contributed by atoms with E-state index in [1.165, 1.54) is 6.07 Å². The minimum absolute atomic E-state index is 0.000287. The van der Waals surface area contributed by atoms with Crippen molar-refractivity contribution in [1.82, 2.24) is 5.32 Å². The molecular weight excluding hydrogens is 323 g/mol. The van der Waals surface area contributed by atoms with Gasteiger partial charge in [-0.2, -0.15) is 0 Å². The van der Waals surface area contributed by atoms with Crippen LogP contribution in [0.3, 0.4) is 0 Å². The molecule has 1 aromatic carbocycles. The maximum Gasteiger partial charge on any atom is 0.252 e. The molecule has 1 rings (SSSR count). The molecule has 8 heteroatoms. The van der Waals surface area contributed by atoms with Gasteiger partial charge in [-0.05, 0) is 18.6 Å². The molecule has 0 heterocycles. The van der Waals surface area contributed by atoms with Gasteiger partial charge in [0, 0.05) is 11.6 Å². The molecular formula is C12H16Cl2N2O3S. The molecule has 3 N–H and O–H groups in total. The number of benzene rings is 1. The predicted molar refractivity (Wildman–Crippen MR) is 79.7 cm³/mol. The van der Waals surface area contributed by atoms with Gasteiger partial charge < -0.3 is 5.32 Å². The molecule has 0 aromatic heterocycles. The van der Waals surface area contributed by atoms with Gasteiger partial charge in [-0.25, -0.2) is 13.6 Å². The van der Waals surface area contributed by atoms with Crippen molar-refractivity contribution >= 4 is 39.1 Å². The maximum absolute atomic E-state index is 12.0. The number of rotatable bonds is 6. The molecule has 0 unspecified atom stereocenters. The lowest BCUT2D eigenvalue weighted by molar-refractivity contribution is 0.0953. The van der Waals surface area contributed by atoms with Gasteiger partial charge in [-0.1, -0.05) is 43.0 Å². The summed E-state index contributed by atoms with van der Waals surface area (Å²) >= 11 is 11.7. The number of hydrogen-bond acceptors (Lipinski definition) is 3. The predicted octanol–water partition coefficient (Wildman–Crippen LogP) is 2.56. The first kappa shape index (κ1) is 17.2. The Morgan fingerprint density at radius 3 is 2.50 bits per heavy atom. The Labute approximate surface area is 128 Å². The second kappa shape index (κ2) is 7.26. The Balaban J connectivity index is 3.01. The zero-order valence-corrected chi connectivity index (χ0v) is 13.3. The Bertz CT molecular complexity index is 603. The van der Waals surface area contributed by atoms with Crippen LogP contribution in [0.15, 0.2) is 17.0 Å². The highest BCUT2D eigenvalue weighted by atomic mass is 35.5. The summed E-state index contributed by atoms with van der Waals surface area (Å²) in [7, 11) is -4.04. The third-order valence-corrected chi connectivity index (χ3v) is 4.29. The van der Waals surface area contributed by atoms with Gasteiger partial charge in [0.25, 0.3) is 5.91 Å². The van der Waals surface area contributed by atoms with Gasteiger partial charge >= 0.3 is 0 Å². The fourth-order valence-electron chi connectivity index (χ4n) is 1.61. The van der Waals surface area contributed by atoms with Crippen molar-refractivity contribution in [1.29, 1.82) is 0 Å². The molecule has 0 radical (unpaired) electrons. The summed E-state index contributed by atoms with van der Waals surface area (Å²) in [5.74, 6) is -0.474. The number of hydrogen-bond donors (Lipinski definition) is 2. The molecule has 0 spiro atoms. The van der Waals surface area contributed by atoms with E-state index in [1.54, 1.807) is 0 Å². The van der Waals surface area contributed by atoms with E-state index >= 15 is 0 Å². The first-order valence-corrected chi connectivity index (χ1v) is 8.37. The smallest absolute Gasteiger partial charge is 0.252 e. The van der Waals surface area contributed by atoms with E-state index in [1.807, 2.05) is 6.92 Å². The zero-order valence-electron chi connectivity index (χ0n) is 10.9. The van der Waals surface area contributed by atoms with Gasteiger partial charge in [0.1, 0.15) is 4.90 Å². The van der Waals surface area contributed by atoms with Crippen LogP contribution in [-0.4, -0.2) is 20.9 Å². The van der Waals surface area contributed by atoms with E-state index in [2.05, 4.69) is 5.32 Å². The number of sulfonamides is 1. The van der Waals surface area contributed by atoms with Crippen LogP contribution in [-0.2, 0) is 10.0 Å². The molecule has 0 saturated carbocycles. The zero-order chi connectivity index (χ0) is 15.3. The molecule has 20 heavy (non-hydrogen) atoms. The molecule has 5 nitrogen and oxygen atoms in total. The van der Waals surface area contributed by atoms with E-state index in [0.717, 1.165) is 25.3 Å². The van der Waals surface area contributed by atoms with E-state index in [-0.39, 0.29) is 20.5 Å². The van der Waals surface area contributed by atoms with Crippen molar-refractivity contribution in [2.45, 2.75) is 31.1 Å². The molecule has 0 atom stereocenters. The van der Waals surface area contributed by atoms with Crippen LogP contribution in [0.4, 0.5) is 0 Å². The number of primary sulfonamides is 1. The second-order valence-corrected chi connectivity index (χ2v) is 6.62. The highest BCUT2D eigenvalue weighted by Crippen LogP contribution is 2.28. The van der Waals surface area contributed by atoms with E-state index in [9.17, 15) is 13.2 Å². The van der Waals surface area contributed by atoms with Crippen molar-refractivity contribution in [3.63, 3.8) is 0 Å². The minimum Gasteiger partial charge on any atom is -0.352 e. The van der Waals surface area contributed by atoms with Gasteiger partial charge in [0.15, 0.2) is 0 Å². The summed E-state index contributed by atoms with van der Waals surface area (Å²) in [6, 6.07) is 2.43. The topological polar surface area (TPSA) is 89.3 Å². The number of halogens is 2. The first-order chi connectivity index (χ1) is 9.27. The average Bonchev–Trinajstić information content (AvgIpc) is 2.35. The summed E-state index contributed by atoms with van der Waals surface area (Å²) in [6.07, 6.45) is 2.86. The molecule has 112 valence electrons. The number of unbranched alkanes of at least 4 members (excludes halogenated alkanes) is 2. The fourth-order valence-corrected chi connectivity index (χ4v) is 3.06. The summed E-state index contributed by atoms with van der Waals surface area (Å²) in [5.41, 5.74) is -0.000287. The van der Waals surface area contributed by atoms with Crippen LogP contribution in [0, 0.1) is 0 Å². The Morgan fingerprint density at radius 1 is 1.30 bits per heavy atom. The lowest BCUT2D eigenvalue weighted by atomic mass is 10.2. The summed E-state index contributed by atoms with van der Waals surface area (Å²) in [6.45, 7) is 2.54. The second-order valence-electron chi connectivity index (χ2n) is 4.27. The Morgan fingerprint density at radius 2 is 1.95 bits per heavy atom. The fraction of sp³-hybridized carbons (Fsp3) is 0.417. The Kier molecular flexibility index (Phi) is 6.26. The van der Waals surface area contributed by atoms with Crippen molar-refractivity contribution in [2.24, 2.45) is 5.14 Å². The van der Waals surface area contributed by atoms with Crippen molar-refractivity contribution < 1.29 is 13.2 Å². The van der Waals surface area contributed by atoms with Crippen molar-refractivity contribution in [2.75, 3.05) is 6.54 Å². The van der Waals surface area contributed by atoms with Crippen molar-refractivity contribution in [3.8, 4) is 0 Å². The molecule has 0 bridgehead atoms. The van der Waals surface area contributed by atoms with Crippen LogP contribution >= 0.6 is 23.2 Å². The van der Waals surface area contributed by atoms with E-state index < -0.39 is 15.9 Å². The molecule has 0 aliphatic carbocycles. The summed E-state index contributed by atoms with van der Waals surface area (Å²) in [4.78, 5) is 11.6. The lowest BCUT2D eigenvalue weighted by Crippen LogP contribution is -2.25.